The van der Waals surface area contributed by atoms with Gasteiger partial charge in [0.25, 0.3) is 0 Å². The fourth-order valence-corrected chi connectivity index (χ4v) is 1.47. The lowest BCUT2D eigenvalue weighted by molar-refractivity contribution is -0.166. The SMILES string of the molecule is CCCCCC(=O)C(O)(CCC)C(=O)O. The highest BCUT2D eigenvalue weighted by molar-refractivity contribution is 6.06. The van der Waals surface area contributed by atoms with Gasteiger partial charge in [-0.15, -0.1) is 0 Å². The van der Waals surface area contributed by atoms with Crippen molar-refractivity contribution in [2.24, 2.45) is 0 Å². The molecule has 0 bridgehead atoms. The Morgan fingerprint density at radius 2 is 1.73 bits per heavy atom. The van der Waals surface area contributed by atoms with Crippen molar-refractivity contribution in [3.8, 4) is 0 Å². The van der Waals surface area contributed by atoms with Crippen LogP contribution in [0.4, 0.5) is 0 Å². The molecule has 1 unspecified atom stereocenters. The Kier molecular flexibility index (Phi) is 6.17. The van der Waals surface area contributed by atoms with Crippen LogP contribution in [0.25, 0.3) is 0 Å². The van der Waals surface area contributed by atoms with Crippen LogP contribution in [0.3, 0.4) is 0 Å². The maximum Gasteiger partial charge on any atom is 0.343 e. The Balaban J connectivity index is 4.36. The largest absolute Gasteiger partial charge is 0.479 e. The normalized spacial score (nSPS) is 14.6. The highest BCUT2D eigenvalue weighted by Gasteiger charge is 2.41. The average molecular weight is 216 g/mol. The molecule has 0 rings (SSSR count). The molecule has 4 heteroatoms. The fraction of sp³-hybridized carbons (Fsp3) is 0.818. The van der Waals surface area contributed by atoms with Crippen LogP contribution in [-0.2, 0) is 9.59 Å². The molecule has 0 heterocycles. The minimum absolute atomic E-state index is 0.00666. The summed E-state index contributed by atoms with van der Waals surface area (Å²) in [6.07, 6.45) is 3.11. The van der Waals surface area contributed by atoms with Crippen molar-refractivity contribution in [1.29, 1.82) is 0 Å². The van der Waals surface area contributed by atoms with Crippen LogP contribution in [0.1, 0.15) is 52.4 Å². The van der Waals surface area contributed by atoms with Crippen molar-refractivity contribution in [1.82, 2.24) is 0 Å². The molecule has 0 fully saturated rings. The van der Waals surface area contributed by atoms with Gasteiger partial charge >= 0.3 is 5.97 Å². The van der Waals surface area contributed by atoms with E-state index in [1.807, 2.05) is 6.92 Å². The van der Waals surface area contributed by atoms with Crippen LogP contribution >= 0.6 is 0 Å². The van der Waals surface area contributed by atoms with Gasteiger partial charge < -0.3 is 10.2 Å². The maximum atomic E-state index is 11.5. The highest BCUT2D eigenvalue weighted by Crippen LogP contribution is 2.18. The lowest BCUT2D eigenvalue weighted by Crippen LogP contribution is -2.46. The van der Waals surface area contributed by atoms with E-state index in [4.69, 9.17) is 5.11 Å². The quantitative estimate of drug-likeness (QED) is 0.479. The van der Waals surface area contributed by atoms with Crippen molar-refractivity contribution >= 4 is 11.8 Å². The predicted molar refractivity (Wildman–Crippen MR) is 56.6 cm³/mol. The molecule has 0 aliphatic heterocycles. The van der Waals surface area contributed by atoms with E-state index in [0.717, 1.165) is 12.8 Å². The van der Waals surface area contributed by atoms with E-state index in [1.165, 1.54) is 0 Å². The van der Waals surface area contributed by atoms with Gasteiger partial charge in [0, 0.05) is 6.42 Å². The van der Waals surface area contributed by atoms with Crippen molar-refractivity contribution in [2.75, 3.05) is 0 Å². The summed E-state index contributed by atoms with van der Waals surface area (Å²) in [4.78, 5) is 22.4. The topological polar surface area (TPSA) is 74.6 Å². The summed E-state index contributed by atoms with van der Waals surface area (Å²) >= 11 is 0. The van der Waals surface area contributed by atoms with Crippen molar-refractivity contribution in [3.63, 3.8) is 0 Å². The number of unbranched alkanes of at least 4 members (excludes halogenated alkanes) is 2. The second-order valence-corrected chi connectivity index (χ2v) is 3.80. The molecule has 0 aromatic heterocycles. The molecule has 4 nitrogen and oxygen atoms in total. The molecule has 1 atom stereocenters. The van der Waals surface area contributed by atoms with Gasteiger partial charge in [0.05, 0.1) is 0 Å². The second kappa shape index (κ2) is 6.56. The summed E-state index contributed by atoms with van der Waals surface area (Å²) in [6, 6.07) is 0. The number of carbonyl (C=O) groups is 2. The zero-order chi connectivity index (χ0) is 11.9. The standard InChI is InChI=1S/C11H20O4/c1-3-5-6-7-9(12)11(15,8-4-2)10(13)14/h15H,3-8H2,1-2H3,(H,13,14). The Morgan fingerprint density at radius 3 is 2.13 bits per heavy atom. The number of aliphatic hydroxyl groups is 1. The van der Waals surface area contributed by atoms with Crippen LogP contribution in [0.15, 0.2) is 0 Å². The first-order chi connectivity index (χ1) is 6.99. The van der Waals surface area contributed by atoms with Crippen LogP contribution in [-0.4, -0.2) is 27.6 Å². The Morgan fingerprint density at radius 1 is 1.13 bits per heavy atom. The van der Waals surface area contributed by atoms with Gasteiger partial charge in [-0.05, 0) is 12.8 Å². The highest BCUT2D eigenvalue weighted by atomic mass is 16.4. The molecule has 0 aliphatic rings. The van der Waals surface area contributed by atoms with Gasteiger partial charge in [-0.1, -0.05) is 33.1 Å². The van der Waals surface area contributed by atoms with Gasteiger partial charge in [0.15, 0.2) is 5.78 Å². The van der Waals surface area contributed by atoms with Crippen LogP contribution in [0.2, 0.25) is 0 Å². The molecule has 2 N–H and O–H groups in total. The van der Waals surface area contributed by atoms with Crippen molar-refractivity contribution < 1.29 is 19.8 Å². The molecule has 0 saturated heterocycles. The third-order valence-electron chi connectivity index (χ3n) is 2.43. The number of carbonyl (C=O) groups excluding carboxylic acids is 1. The smallest absolute Gasteiger partial charge is 0.343 e. The summed E-state index contributed by atoms with van der Waals surface area (Å²) in [6.45, 7) is 3.74. The monoisotopic (exact) mass is 216 g/mol. The number of aliphatic carboxylic acids is 1. The number of rotatable bonds is 8. The summed E-state index contributed by atoms with van der Waals surface area (Å²) < 4.78 is 0. The minimum Gasteiger partial charge on any atom is -0.479 e. The molecule has 0 aromatic rings. The third-order valence-corrected chi connectivity index (χ3v) is 2.43. The lowest BCUT2D eigenvalue weighted by atomic mass is 9.90. The minimum atomic E-state index is -2.16. The number of carboxylic acids is 1. The summed E-state index contributed by atoms with van der Waals surface area (Å²) in [7, 11) is 0. The number of carboxylic acid groups (broad SMARTS) is 1. The molecular formula is C11H20O4. The van der Waals surface area contributed by atoms with Crippen LogP contribution < -0.4 is 0 Å². The molecule has 15 heavy (non-hydrogen) atoms. The van der Waals surface area contributed by atoms with Gasteiger partial charge in [0.2, 0.25) is 5.60 Å². The molecule has 0 amide bonds. The molecule has 88 valence electrons. The van der Waals surface area contributed by atoms with Gasteiger partial charge in [-0.25, -0.2) is 4.79 Å². The fourth-order valence-electron chi connectivity index (χ4n) is 1.47. The zero-order valence-electron chi connectivity index (χ0n) is 9.45. The van der Waals surface area contributed by atoms with E-state index in [1.54, 1.807) is 6.92 Å². The van der Waals surface area contributed by atoms with Gasteiger partial charge in [0.1, 0.15) is 0 Å². The first kappa shape index (κ1) is 14.1. The summed E-state index contributed by atoms with van der Waals surface area (Å²) in [5.74, 6) is -1.99. The lowest BCUT2D eigenvalue weighted by Gasteiger charge is -2.21. The van der Waals surface area contributed by atoms with E-state index >= 15 is 0 Å². The van der Waals surface area contributed by atoms with E-state index in [2.05, 4.69) is 0 Å². The molecule has 0 aromatic carbocycles. The van der Waals surface area contributed by atoms with E-state index in [-0.39, 0.29) is 12.8 Å². The van der Waals surface area contributed by atoms with E-state index in [0.29, 0.717) is 12.8 Å². The summed E-state index contributed by atoms with van der Waals surface area (Å²) in [5, 5.41) is 18.5. The first-order valence-electron chi connectivity index (χ1n) is 5.48. The predicted octanol–water partition coefficient (Wildman–Crippen LogP) is 1.75. The van der Waals surface area contributed by atoms with Crippen LogP contribution in [0.5, 0.6) is 0 Å². The third kappa shape index (κ3) is 4.00. The molecule has 0 radical (unpaired) electrons. The molecular weight excluding hydrogens is 196 g/mol. The number of hydrogen-bond donors (Lipinski definition) is 2. The Bertz CT molecular complexity index is 225. The van der Waals surface area contributed by atoms with Crippen molar-refractivity contribution in [3.05, 3.63) is 0 Å². The zero-order valence-corrected chi connectivity index (χ0v) is 9.45. The molecule has 0 spiro atoms. The number of ketones is 1. The van der Waals surface area contributed by atoms with E-state index < -0.39 is 17.4 Å². The van der Waals surface area contributed by atoms with Gasteiger partial charge in [-0.2, -0.15) is 0 Å². The van der Waals surface area contributed by atoms with Crippen LogP contribution in [0, 0.1) is 0 Å². The number of hydrogen-bond acceptors (Lipinski definition) is 3. The first-order valence-corrected chi connectivity index (χ1v) is 5.48. The Hall–Kier alpha value is -0.900. The van der Waals surface area contributed by atoms with Crippen molar-refractivity contribution in [2.45, 2.75) is 58.0 Å². The molecule has 0 saturated carbocycles. The van der Waals surface area contributed by atoms with Gasteiger partial charge in [-0.3, -0.25) is 4.79 Å². The average Bonchev–Trinajstić information content (AvgIpc) is 2.18. The van der Waals surface area contributed by atoms with E-state index in [9.17, 15) is 14.7 Å². The summed E-state index contributed by atoms with van der Waals surface area (Å²) in [5.41, 5.74) is -2.16. The maximum absolute atomic E-state index is 11.5. The second-order valence-electron chi connectivity index (χ2n) is 3.80. The Labute approximate surface area is 90.3 Å². The number of Topliss-reactive ketones (excluding diaryl/α,β-unsaturated/α-hetero) is 1. The molecule has 0 aliphatic carbocycles.